The highest BCUT2D eigenvalue weighted by molar-refractivity contribution is 7.10. The fourth-order valence-corrected chi connectivity index (χ4v) is 3.34. The number of ether oxygens (including phenoxy) is 1. The summed E-state index contributed by atoms with van der Waals surface area (Å²) in [6.07, 6.45) is 0.811. The predicted molar refractivity (Wildman–Crippen MR) is 83.5 cm³/mol. The smallest absolute Gasteiger partial charge is 0.342 e. The molecule has 1 aliphatic heterocycles. The molecule has 2 aromatic rings. The number of carbonyl (C=O) groups excluding carboxylic acids is 2. The van der Waals surface area contributed by atoms with E-state index in [2.05, 4.69) is 0 Å². The van der Waals surface area contributed by atoms with Crippen LogP contribution in [-0.2, 0) is 22.5 Å². The summed E-state index contributed by atoms with van der Waals surface area (Å²) in [5.41, 5.74) is 1.05. The Hall–Kier alpha value is -2.54. The average molecular weight is 333 g/mol. The van der Waals surface area contributed by atoms with Gasteiger partial charge in [0.05, 0.1) is 0 Å². The molecule has 120 valence electrons. The molecule has 2 heterocycles. The van der Waals surface area contributed by atoms with Gasteiger partial charge in [-0.1, -0.05) is 0 Å². The Kier molecular flexibility index (Phi) is 4.20. The molecule has 6 nitrogen and oxygen atoms in total. The SMILES string of the molecule is O=C(OCC(=O)N1CCc2sccc2C1)c1ccc(O)cc1O. The number of rotatable bonds is 3. The third-order valence-corrected chi connectivity index (χ3v) is 4.71. The lowest BCUT2D eigenvalue weighted by molar-refractivity contribution is -0.135. The molecule has 0 atom stereocenters. The molecule has 0 radical (unpaired) electrons. The number of phenolic OH excluding ortho intramolecular Hbond substituents is 2. The Labute approximate surface area is 136 Å². The van der Waals surface area contributed by atoms with Crippen molar-refractivity contribution in [3.8, 4) is 11.5 Å². The molecule has 0 unspecified atom stereocenters. The second-order valence-electron chi connectivity index (χ2n) is 5.21. The van der Waals surface area contributed by atoms with Crippen LogP contribution in [0.5, 0.6) is 11.5 Å². The third kappa shape index (κ3) is 3.29. The van der Waals surface area contributed by atoms with Crippen LogP contribution >= 0.6 is 11.3 Å². The van der Waals surface area contributed by atoms with Gasteiger partial charge in [0.1, 0.15) is 17.1 Å². The third-order valence-electron chi connectivity index (χ3n) is 3.69. The Morgan fingerprint density at radius 3 is 2.87 bits per heavy atom. The number of carbonyl (C=O) groups is 2. The van der Waals surface area contributed by atoms with Crippen molar-refractivity contribution in [1.29, 1.82) is 0 Å². The summed E-state index contributed by atoms with van der Waals surface area (Å²) >= 11 is 1.69. The summed E-state index contributed by atoms with van der Waals surface area (Å²) < 4.78 is 4.96. The van der Waals surface area contributed by atoms with E-state index < -0.39 is 5.97 Å². The molecule has 0 spiro atoms. The highest BCUT2D eigenvalue weighted by Crippen LogP contribution is 2.25. The molecule has 0 fully saturated rings. The summed E-state index contributed by atoms with van der Waals surface area (Å²) in [6.45, 7) is 0.757. The second-order valence-corrected chi connectivity index (χ2v) is 6.21. The van der Waals surface area contributed by atoms with E-state index in [-0.39, 0.29) is 29.6 Å². The largest absolute Gasteiger partial charge is 0.508 e. The minimum Gasteiger partial charge on any atom is -0.508 e. The second kappa shape index (κ2) is 6.29. The molecule has 1 amide bonds. The van der Waals surface area contributed by atoms with Crippen LogP contribution in [0.3, 0.4) is 0 Å². The van der Waals surface area contributed by atoms with E-state index in [0.717, 1.165) is 18.1 Å². The van der Waals surface area contributed by atoms with E-state index in [9.17, 15) is 19.8 Å². The maximum Gasteiger partial charge on any atom is 0.342 e. The highest BCUT2D eigenvalue weighted by atomic mass is 32.1. The van der Waals surface area contributed by atoms with Crippen LogP contribution < -0.4 is 0 Å². The molecular weight excluding hydrogens is 318 g/mol. The van der Waals surface area contributed by atoms with Crippen LogP contribution in [0.15, 0.2) is 29.6 Å². The zero-order valence-corrected chi connectivity index (χ0v) is 13.0. The van der Waals surface area contributed by atoms with Crippen molar-refractivity contribution < 1.29 is 24.5 Å². The Morgan fingerprint density at radius 2 is 2.09 bits per heavy atom. The van der Waals surface area contributed by atoms with Crippen molar-refractivity contribution in [3.05, 3.63) is 45.6 Å². The lowest BCUT2D eigenvalue weighted by atomic mass is 10.1. The minimum absolute atomic E-state index is 0.0886. The first kappa shape index (κ1) is 15.4. The summed E-state index contributed by atoms with van der Waals surface area (Å²) in [5.74, 6) is -1.61. The van der Waals surface area contributed by atoms with Crippen LogP contribution in [0, 0.1) is 0 Å². The van der Waals surface area contributed by atoms with Gasteiger partial charge in [0.25, 0.3) is 5.91 Å². The van der Waals surface area contributed by atoms with Crippen LogP contribution in [0.25, 0.3) is 0 Å². The number of benzene rings is 1. The standard InChI is InChI=1S/C16H15NO5S/c18-11-1-2-12(13(19)7-11)16(21)22-9-15(20)17-5-3-14-10(8-17)4-6-23-14/h1-2,4,6-7,18-19H,3,5,8-9H2. The number of esters is 1. The molecule has 23 heavy (non-hydrogen) atoms. The van der Waals surface area contributed by atoms with Gasteiger partial charge in [-0.25, -0.2) is 4.79 Å². The number of hydrogen-bond donors (Lipinski definition) is 2. The van der Waals surface area contributed by atoms with Gasteiger partial charge in [0, 0.05) is 24.0 Å². The van der Waals surface area contributed by atoms with Gasteiger partial charge in [-0.05, 0) is 35.6 Å². The van der Waals surface area contributed by atoms with Crippen molar-refractivity contribution >= 4 is 23.2 Å². The number of aromatic hydroxyl groups is 2. The van der Waals surface area contributed by atoms with E-state index in [0.29, 0.717) is 13.1 Å². The van der Waals surface area contributed by atoms with Gasteiger partial charge in [0.2, 0.25) is 0 Å². The number of fused-ring (bicyclic) bond motifs is 1. The maximum atomic E-state index is 12.2. The molecular formula is C16H15NO5S. The van der Waals surface area contributed by atoms with Crippen molar-refractivity contribution in [2.45, 2.75) is 13.0 Å². The first-order valence-electron chi connectivity index (χ1n) is 7.06. The van der Waals surface area contributed by atoms with Gasteiger partial charge in [-0.2, -0.15) is 0 Å². The molecule has 0 saturated carbocycles. The number of amides is 1. The van der Waals surface area contributed by atoms with E-state index >= 15 is 0 Å². The summed E-state index contributed by atoms with van der Waals surface area (Å²) in [5, 5.41) is 20.8. The Bertz CT molecular complexity index is 755. The number of nitrogens with zero attached hydrogens (tertiary/aromatic N) is 1. The van der Waals surface area contributed by atoms with Crippen LogP contribution in [0.2, 0.25) is 0 Å². The van der Waals surface area contributed by atoms with Gasteiger partial charge in [-0.3, -0.25) is 4.79 Å². The molecule has 2 N–H and O–H groups in total. The molecule has 1 aromatic heterocycles. The van der Waals surface area contributed by atoms with E-state index in [4.69, 9.17) is 4.74 Å². The molecule has 7 heteroatoms. The summed E-state index contributed by atoms with van der Waals surface area (Å²) in [4.78, 5) is 27.0. The number of hydrogen-bond acceptors (Lipinski definition) is 6. The Balaban J connectivity index is 1.58. The topological polar surface area (TPSA) is 87.1 Å². The van der Waals surface area contributed by atoms with Crippen LogP contribution in [0.1, 0.15) is 20.8 Å². The zero-order valence-electron chi connectivity index (χ0n) is 12.2. The zero-order chi connectivity index (χ0) is 16.4. The number of thiophene rings is 1. The summed E-state index contributed by atoms with van der Waals surface area (Å²) in [7, 11) is 0. The Morgan fingerprint density at radius 1 is 1.26 bits per heavy atom. The van der Waals surface area contributed by atoms with Crippen molar-refractivity contribution in [2.24, 2.45) is 0 Å². The first-order chi connectivity index (χ1) is 11.0. The lowest BCUT2D eigenvalue weighted by Gasteiger charge is -2.26. The fourth-order valence-electron chi connectivity index (χ4n) is 2.45. The quantitative estimate of drug-likeness (QED) is 0.838. The lowest BCUT2D eigenvalue weighted by Crippen LogP contribution is -2.38. The van der Waals surface area contributed by atoms with E-state index in [1.165, 1.54) is 17.0 Å². The normalized spacial score (nSPS) is 13.5. The summed E-state index contributed by atoms with van der Waals surface area (Å²) in [6, 6.07) is 5.55. The molecule has 3 rings (SSSR count). The van der Waals surface area contributed by atoms with Gasteiger partial charge in [0.15, 0.2) is 6.61 Å². The van der Waals surface area contributed by atoms with E-state index in [1.54, 1.807) is 16.2 Å². The minimum atomic E-state index is -0.802. The van der Waals surface area contributed by atoms with Gasteiger partial charge >= 0.3 is 5.97 Å². The first-order valence-corrected chi connectivity index (χ1v) is 7.94. The van der Waals surface area contributed by atoms with E-state index in [1.807, 2.05) is 11.4 Å². The van der Waals surface area contributed by atoms with Crippen molar-refractivity contribution in [3.63, 3.8) is 0 Å². The predicted octanol–water partition coefficient (Wildman–Crippen LogP) is 1.90. The average Bonchev–Trinajstić information content (AvgIpc) is 2.99. The fraction of sp³-hybridized carbons (Fsp3) is 0.250. The molecule has 1 aliphatic rings. The van der Waals surface area contributed by atoms with Gasteiger partial charge in [-0.15, -0.1) is 11.3 Å². The monoisotopic (exact) mass is 333 g/mol. The van der Waals surface area contributed by atoms with Crippen molar-refractivity contribution in [1.82, 2.24) is 4.90 Å². The van der Waals surface area contributed by atoms with Crippen molar-refractivity contribution in [2.75, 3.05) is 13.2 Å². The molecule has 0 bridgehead atoms. The van der Waals surface area contributed by atoms with Crippen LogP contribution in [0.4, 0.5) is 0 Å². The maximum absolute atomic E-state index is 12.2. The van der Waals surface area contributed by atoms with Crippen LogP contribution in [-0.4, -0.2) is 40.1 Å². The molecule has 0 aliphatic carbocycles. The number of phenols is 2. The highest BCUT2D eigenvalue weighted by Gasteiger charge is 2.23. The van der Waals surface area contributed by atoms with Gasteiger partial charge < -0.3 is 19.8 Å². The molecule has 1 aromatic carbocycles. The molecule has 0 saturated heterocycles.